The van der Waals surface area contributed by atoms with Crippen molar-refractivity contribution >= 4 is 50.6 Å². The number of Topliss-reactive ketones (excluding diaryl/α,β-unsaturated/α-hetero) is 1. The van der Waals surface area contributed by atoms with Gasteiger partial charge in [0.05, 0.1) is 17.1 Å². The molecule has 2 heterocycles. The van der Waals surface area contributed by atoms with E-state index in [1.54, 1.807) is 29.5 Å². The standard InChI is InChI=1S/C20H17BrClNO3S/c1-12-8-16(13(2)23(12)10-15-4-3-7-27-15)19(24)11-26-20(25)17-9-14(21)5-6-18(17)22/h3-9H,10-11H2,1-2H3. The summed E-state index contributed by atoms with van der Waals surface area (Å²) < 4.78 is 7.99. The number of carbonyl (C=O) groups excluding carboxylic acids is 2. The van der Waals surface area contributed by atoms with Crippen LogP contribution in [-0.4, -0.2) is 22.9 Å². The van der Waals surface area contributed by atoms with Crippen LogP contribution in [0.1, 0.15) is 37.0 Å². The number of thiophene rings is 1. The first kappa shape index (κ1) is 19.9. The van der Waals surface area contributed by atoms with E-state index in [0.717, 1.165) is 17.9 Å². The van der Waals surface area contributed by atoms with Crippen molar-refractivity contribution in [1.82, 2.24) is 4.57 Å². The van der Waals surface area contributed by atoms with Gasteiger partial charge < -0.3 is 9.30 Å². The number of hydrogen-bond acceptors (Lipinski definition) is 4. The van der Waals surface area contributed by atoms with Gasteiger partial charge in [-0.15, -0.1) is 11.3 Å². The lowest BCUT2D eigenvalue weighted by Gasteiger charge is -2.09. The van der Waals surface area contributed by atoms with Gasteiger partial charge in [0.1, 0.15) is 0 Å². The Morgan fingerprint density at radius 1 is 1.19 bits per heavy atom. The van der Waals surface area contributed by atoms with Crippen LogP contribution in [0.5, 0.6) is 0 Å². The Labute approximate surface area is 174 Å². The largest absolute Gasteiger partial charge is 0.454 e. The lowest BCUT2D eigenvalue weighted by atomic mass is 10.1. The first-order valence-corrected chi connectivity index (χ1v) is 10.3. The van der Waals surface area contributed by atoms with Gasteiger partial charge in [-0.05, 0) is 49.6 Å². The predicted molar refractivity (Wildman–Crippen MR) is 111 cm³/mol. The zero-order chi connectivity index (χ0) is 19.6. The van der Waals surface area contributed by atoms with Crippen LogP contribution in [0.25, 0.3) is 0 Å². The van der Waals surface area contributed by atoms with Crippen molar-refractivity contribution in [2.45, 2.75) is 20.4 Å². The fourth-order valence-electron chi connectivity index (χ4n) is 2.83. The second kappa shape index (κ2) is 8.42. The summed E-state index contributed by atoms with van der Waals surface area (Å²) in [6.45, 7) is 4.26. The summed E-state index contributed by atoms with van der Waals surface area (Å²) >= 11 is 11.0. The monoisotopic (exact) mass is 465 g/mol. The van der Waals surface area contributed by atoms with Crippen LogP contribution in [0.2, 0.25) is 5.02 Å². The van der Waals surface area contributed by atoms with Gasteiger partial charge >= 0.3 is 5.97 Å². The van der Waals surface area contributed by atoms with Gasteiger partial charge in [0, 0.05) is 26.3 Å². The van der Waals surface area contributed by atoms with Gasteiger partial charge in [-0.25, -0.2) is 4.79 Å². The molecule has 0 unspecified atom stereocenters. The highest BCUT2D eigenvalue weighted by Crippen LogP contribution is 2.23. The number of halogens is 2. The molecular formula is C20H17BrClNO3S. The Morgan fingerprint density at radius 3 is 2.67 bits per heavy atom. The minimum atomic E-state index is -0.623. The molecular weight excluding hydrogens is 450 g/mol. The number of aryl methyl sites for hydroxylation is 1. The van der Waals surface area contributed by atoms with Gasteiger partial charge in [0.25, 0.3) is 0 Å². The molecule has 7 heteroatoms. The smallest absolute Gasteiger partial charge is 0.340 e. The molecule has 4 nitrogen and oxygen atoms in total. The number of rotatable bonds is 6. The minimum Gasteiger partial charge on any atom is -0.454 e. The lowest BCUT2D eigenvalue weighted by molar-refractivity contribution is 0.0474. The number of hydrogen-bond donors (Lipinski definition) is 0. The van der Waals surface area contributed by atoms with Crippen molar-refractivity contribution in [3.8, 4) is 0 Å². The number of esters is 1. The second-order valence-corrected chi connectivity index (χ2v) is 8.43. The van der Waals surface area contributed by atoms with Gasteiger partial charge in [-0.1, -0.05) is 33.6 Å². The summed E-state index contributed by atoms with van der Waals surface area (Å²) in [5.41, 5.74) is 2.65. The van der Waals surface area contributed by atoms with E-state index in [4.69, 9.17) is 16.3 Å². The first-order valence-electron chi connectivity index (χ1n) is 8.21. The quantitative estimate of drug-likeness (QED) is 0.347. The third-order valence-corrected chi connectivity index (χ3v) is 5.93. The third kappa shape index (κ3) is 4.51. The SMILES string of the molecule is Cc1cc(C(=O)COC(=O)c2cc(Br)ccc2Cl)c(C)n1Cc1cccs1. The molecule has 0 aliphatic heterocycles. The molecule has 0 spiro atoms. The van der Waals surface area contributed by atoms with Gasteiger partial charge in [-0.3, -0.25) is 4.79 Å². The Kier molecular flexibility index (Phi) is 6.19. The fourth-order valence-corrected chi connectivity index (χ4v) is 4.07. The molecule has 0 atom stereocenters. The number of nitrogens with zero attached hydrogens (tertiary/aromatic N) is 1. The Bertz CT molecular complexity index is 995. The second-order valence-electron chi connectivity index (χ2n) is 6.07. The van der Waals surface area contributed by atoms with E-state index in [-0.39, 0.29) is 23.0 Å². The highest BCUT2D eigenvalue weighted by atomic mass is 79.9. The van der Waals surface area contributed by atoms with Crippen LogP contribution in [0.15, 0.2) is 46.3 Å². The maximum Gasteiger partial charge on any atom is 0.340 e. The molecule has 0 radical (unpaired) electrons. The van der Waals surface area contributed by atoms with Crippen molar-refractivity contribution in [2.24, 2.45) is 0 Å². The number of carbonyl (C=O) groups is 2. The maximum absolute atomic E-state index is 12.6. The lowest BCUT2D eigenvalue weighted by Crippen LogP contribution is -2.15. The summed E-state index contributed by atoms with van der Waals surface area (Å²) in [6, 6.07) is 10.8. The van der Waals surface area contributed by atoms with Crippen LogP contribution < -0.4 is 0 Å². The molecule has 0 saturated heterocycles. The summed E-state index contributed by atoms with van der Waals surface area (Å²) in [7, 11) is 0. The van der Waals surface area contributed by atoms with E-state index in [1.165, 1.54) is 4.88 Å². The molecule has 3 aromatic rings. The van der Waals surface area contributed by atoms with Crippen molar-refractivity contribution < 1.29 is 14.3 Å². The van der Waals surface area contributed by atoms with Crippen LogP contribution in [-0.2, 0) is 11.3 Å². The topological polar surface area (TPSA) is 48.3 Å². The molecule has 27 heavy (non-hydrogen) atoms. The minimum absolute atomic E-state index is 0.224. The predicted octanol–water partition coefficient (Wildman–Crippen LogP) is 5.67. The zero-order valence-electron chi connectivity index (χ0n) is 14.8. The van der Waals surface area contributed by atoms with Crippen molar-refractivity contribution in [3.63, 3.8) is 0 Å². The molecule has 1 aromatic carbocycles. The number of benzene rings is 1. The molecule has 3 rings (SSSR count). The van der Waals surface area contributed by atoms with E-state index in [0.29, 0.717) is 10.0 Å². The van der Waals surface area contributed by atoms with E-state index in [9.17, 15) is 9.59 Å². The summed E-state index contributed by atoms with van der Waals surface area (Å²) in [5, 5.41) is 2.31. The third-order valence-electron chi connectivity index (χ3n) is 4.25. The van der Waals surface area contributed by atoms with E-state index in [2.05, 4.69) is 26.6 Å². The van der Waals surface area contributed by atoms with Crippen LogP contribution in [0.3, 0.4) is 0 Å². The zero-order valence-corrected chi connectivity index (χ0v) is 18.0. The molecule has 0 saturated carbocycles. The number of aromatic nitrogens is 1. The Balaban J connectivity index is 1.71. The van der Waals surface area contributed by atoms with Crippen molar-refractivity contribution in [2.75, 3.05) is 6.61 Å². The highest BCUT2D eigenvalue weighted by Gasteiger charge is 2.19. The normalized spacial score (nSPS) is 10.8. The summed E-state index contributed by atoms with van der Waals surface area (Å²) in [4.78, 5) is 26.0. The number of ketones is 1. The first-order chi connectivity index (χ1) is 12.9. The molecule has 2 aromatic heterocycles. The maximum atomic E-state index is 12.6. The average Bonchev–Trinajstić information content (AvgIpc) is 3.25. The van der Waals surface area contributed by atoms with E-state index >= 15 is 0 Å². The molecule has 0 N–H and O–H groups in total. The van der Waals surface area contributed by atoms with Gasteiger partial charge in [0.2, 0.25) is 5.78 Å². The van der Waals surface area contributed by atoms with Crippen LogP contribution >= 0.6 is 38.9 Å². The summed E-state index contributed by atoms with van der Waals surface area (Å²) in [6.07, 6.45) is 0. The van der Waals surface area contributed by atoms with Crippen molar-refractivity contribution in [3.05, 3.63) is 78.7 Å². The molecule has 0 aliphatic carbocycles. The molecule has 140 valence electrons. The van der Waals surface area contributed by atoms with Crippen molar-refractivity contribution in [1.29, 1.82) is 0 Å². The van der Waals surface area contributed by atoms with E-state index < -0.39 is 5.97 Å². The fraction of sp³-hybridized carbons (Fsp3) is 0.200. The molecule has 0 bridgehead atoms. The molecule has 0 fully saturated rings. The Morgan fingerprint density at radius 2 is 1.96 bits per heavy atom. The summed E-state index contributed by atoms with van der Waals surface area (Å²) in [5.74, 6) is -0.859. The number of ether oxygens (including phenoxy) is 1. The molecule has 0 amide bonds. The highest BCUT2D eigenvalue weighted by molar-refractivity contribution is 9.10. The van der Waals surface area contributed by atoms with Gasteiger partial charge in [-0.2, -0.15) is 0 Å². The van der Waals surface area contributed by atoms with E-state index in [1.807, 2.05) is 31.4 Å². The average molecular weight is 467 g/mol. The van der Waals surface area contributed by atoms with Gasteiger partial charge in [0.15, 0.2) is 6.61 Å². The Hall–Kier alpha value is -1.89. The molecule has 0 aliphatic rings. The van der Waals surface area contributed by atoms with Crippen LogP contribution in [0, 0.1) is 13.8 Å². The van der Waals surface area contributed by atoms with Crippen LogP contribution in [0.4, 0.5) is 0 Å².